The third kappa shape index (κ3) is 14.0. The van der Waals surface area contributed by atoms with Gasteiger partial charge in [-0.25, -0.2) is 10.1 Å². The van der Waals surface area contributed by atoms with Gasteiger partial charge in [-0.1, -0.05) is 53.4 Å². The number of nitrogens with zero attached hydrogens (tertiary/aromatic N) is 4. The summed E-state index contributed by atoms with van der Waals surface area (Å²) >= 11 is 0. The van der Waals surface area contributed by atoms with E-state index in [9.17, 15) is 10.2 Å². The minimum atomic E-state index is -1.29. The first-order valence-electron chi connectivity index (χ1n) is 12.8. The number of anilines is 1. The van der Waals surface area contributed by atoms with E-state index in [4.69, 9.17) is 18.9 Å². The van der Waals surface area contributed by atoms with Gasteiger partial charge in [-0.05, 0) is 25.7 Å². The SMILES string of the molecule is CCCCOC(OCCCC)C(O)NN(NC(O)C(OCCCC)OCCCC)c1ncncn1. The first kappa shape index (κ1) is 31.5. The molecule has 0 aromatic carbocycles. The molecule has 0 saturated carbocycles. The average molecular weight is 503 g/mol. The van der Waals surface area contributed by atoms with E-state index in [-0.39, 0.29) is 5.95 Å². The normalized spacial score (nSPS) is 13.5. The molecule has 35 heavy (non-hydrogen) atoms. The Morgan fingerprint density at radius 3 is 1.34 bits per heavy atom. The first-order chi connectivity index (χ1) is 17.1. The van der Waals surface area contributed by atoms with E-state index in [2.05, 4.69) is 53.5 Å². The number of hydrogen-bond donors (Lipinski definition) is 4. The highest BCUT2D eigenvalue weighted by Gasteiger charge is 2.28. The van der Waals surface area contributed by atoms with Gasteiger partial charge < -0.3 is 29.2 Å². The molecule has 0 aliphatic carbocycles. The molecule has 1 aromatic heterocycles. The van der Waals surface area contributed by atoms with Crippen LogP contribution >= 0.6 is 0 Å². The molecular weight excluding hydrogens is 456 g/mol. The highest BCUT2D eigenvalue weighted by Crippen LogP contribution is 2.09. The van der Waals surface area contributed by atoms with Crippen molar-refractivity contribution in [2.45, 2.75) is 104 Å². The van der Waals surface area contributed by atoms with Crippen LogP contribution in [0.25, 0.3) is 0 Å². The standard InChI is InChI=1S/C23H46N6O6/c1-5-9-13-32-21(33-14-10-6-2)19(30)27-29(23-25-17-24-18-26-23)28-20(31)22(34-15-11-7-3)35-16-12-8-4/h17-22,27-28,30-31H,5-16H2,1-4H3. The summed E-state index contributed by atoms with van der Waals surface area (Å²) < 4.78 is 23.0. The number of rotatable bonds is 23. The predicted octanol–water partition coefficient (Wildman–Crippen LogP) is 2.24. The lowest BCUT2D eigenvalue weighted by Gasteiger charge is -2.33. The zero-order valence-corrected chi connectivity index (χ0v) is 21.8. The van der Waals surface area contributed by atoms with Crippen LogP contribution in [-0.2, 0) is 18.9 Å². The second-order valence-corrected chi connectivity index (χ2v) is 8.06. The van der Waals surface area contributed by atoms with E-state index in [1.807, 2.05) is 0 Å². The number of aromatic nitrogens is 3. The maximum Gasteiger partial charge on any atom is 0.258 e. The minimum Gasteiger partial charge on any atom is -0.372 e. The maximum absolute atomic E-state index is 10.9. The molecule has 0 amide bonds. The number of hydrogen-bond acceptors (Lipinski definition) is 12. The second-order valence-electron chi connectivity index (χ2n) is 8.06. The molecule has 1 aromatic rings. The molecule has 4 N–H and O–H groups in total. The third-order valence-corrected chi connectivity index (χ3v) is 4.84. The van der Waals surface area contributed by atoms with Crippen molar-refractivity contribution < 1.29 is 29.2 Å². The Bertz CT molecular complexity index is 553. The Morgan fingerprint density at radius 1 is 0.686 bits per heavy atom. The highest BCUT2D eigenvalue weighted by atomic mass is 16.7. The molecule has 2 unspecified atom stereocenters. The lowest BCUT2D eigenvalue weighted by molar-refractivity contribution is -0.212. The van der Waals surface area contributed by atoms with Crippen molar-refractivity contribution in [2.24, 2.45) is 0 Å². The third-order valence-electron chi connectivity index (χ3n) is 4.84. The van der Waals surface area contributed by atoms with E-state index in [0.717, 1.165) is 51.4 Å². The monoisotopic (exact) mass is 502 g/mol. The quantitative estimate of drug-likeness (QED) is 0.0989. The smallest absolute Gasteiger partial charge is 0.258 e. The van der Waals surface area contributed by atoms with E-state index in [1.165, 1.54) is 17.8 Å². The van der Waals surface area contributed by atoms with Crippen molar-refractivity contribution in [3.8, 4) is 0 Å². The summed E-state index contributed by atoms with van der Waals surface area (Å²) in [6, 6.07) is 0. The lowest BCUT2D eigenvalue weighted by atomic mass is 10.3. The van der Waals surface area contributed by atoms with Crippen LogP contribution in [-0.4, -0.2) is 76.6 Å². The van der Waals surface area contributed by atoms with Gasteiger partial charge in [-0.2, -0.15) is 20.8 Å². The zero-order valence-electron chi connectivity index (χ0n) is 21.8. The van der Waals surface area contributed by atoms with E-state index >= 15 is 0 Å². The molecule has 0 radical (unpaired) electrons. The van der Waals surface area contributed by atoms with Crippen molar-refractivity contribution in [3.63, 3.8) is 0 Å². The largest absolute Gasteiger partial charge is 0.372 e. The number of unbranched alkanes of at least 4 members (excludes halogenated alkanes) is 4. The molecule has 1 heterocycles. The van der Waals surface area contributed by atoms with Crippen LogP contribution < -0.4 is 16.0 Å². The van der Waals surface area contributed by atoms with Crippen LogP contribution in [0.3, 0.4) is 0 Å². The highest BCUT2D eigenvalue weighted by molar-refractivity contribution is 5.22. The number of hydrazine groups is 2. The Labute approximate surface area is 209 Å². The van der Waals surface area contributed by atoms with Gasteiger partial charge in [-0.3, -0.25) is 0 Å². The van der Waals surface area contributed by atoms with E-state index in [1.54, 1.807) is 0 Å². The summed E-state index contributed by atoms with van der Waals surface area (Å²) in [7, 11) is 0. The van der Waals surface area contributed by atoms with Crippen molar-refractivity contribution in [1.82, 2.24) is 25.8 Å². The lowest BCUT2D eigenvalue weighted by Crippen LogP contribution is -2.62. The van der Waals surface area contributed by atoms with E-state index in [0.29, 0.717) is 26.4 Å². The Kier molecular flexibility index (Phi) is 18.6. The van der Waals surface area contributed by atoms with Gasteiger partial charge in [0.05, 0.1) is 0 Å². The van der Waals surface area contributed by atoms with Crippen molar-refractivity contribution in [3.05, 3.63) is 12.7 Å². The summed E-state index contributed by atoms with van der Waals surface area (Å²) in [6.07, 6.45) is 5.29. The van der Waals surface area contributed by atoms with Crippen LogP contribution in [0.4, 0.5) is 5.95 Å². The molecule has 12 heteroatoms. The van der Waals surface area contributed by atoms with Gasteiger partial charge in [0.1, 0.15) is 12.7 Å². The molecule has 0 bridgehead atoms. The fourth-order valence-corrected chi connectivity index (χ4v) is 2.72. The minimum absolute atomic E-state index is 0.111. The summed E-state index contributed by atoms with van der Waals surface area (Å²) in [6.45, 7) is 9.97. The Hall–Kier alpha value is -1.51. The van der Waals surface area contributed by atoms with Crippen molar-refractivity contribution in [2.75, 3.05) is 31.5 Å². The van der Waals surface area contributed by atoms with Gasteiger partial charge in [0.2, 0.25) is 0 Å². The molecule has 12 nitrogen and oxygen atoms in total. The average Bonchev–Trinajstić information content (AvgIpc) is 2.87. The van der Waals surface area contributed by atoms with Gasteiger partial charge in [-0.15, -0.1) is 0 Å². The Balaban J connectivity index is 2.93. The molecular formula is C23H46N6O6. The summed E-state index contributed by atoms with van der Waals surface area (Å²) in [5.74, 6) is 0.111. The molecule has 204 valence electrons. The van der Waals surface area contributed by atoms with Crippen LogP contribution in [0.5, 0.6) is 0 Å². The Morgan fingerprint density at radius 2 is 1.03 bits per heavy atom. The molecule has 2 atom stereocenters. The van der Waals surface area contributed by atoms with Gasteiger partial charge >= 0.3 is 0 Å². The molecule has 0 spiro atoms. The molecule has 0 fully saturated rings. The van der Waals surface area contributed by atoms with Crippen LogP contribution in [0, 0.1) is 0 Å². The van der Waals surface area contributed by atoms with Crippen molar-refractivity contribution in [1.29, 1.82) is 0 Å². The maximum atomic E-state index is 10.9. The van der Waals surface area contributed by atoms with Crippen LogP contribution in [0.15, 0.2) is 12.7 Å². The fraction of sp³-hybridized carbons (Fsp3) is 0.870. The number of nitrogens with one attached hydrogen (secondary N) is 2. The summed E-state index contributed by atoms with van der Waals surface area (Å²) in [5, 5.41) is 22.9. The number of aliphatic hydroxyl groups excluding tert-OH is 2. The topological polar surface area (TPSA) is 143 Å². The van der Waals surface area contributed by atoms with Gasteiger partial charge in [0.15, 0.2) is 25.0 Å². The van der Waals surface area contributed by atoms with Gasteiger partial charge in [0.25, 0.3) is 5.95 Å². The second kappa shape index (κ2) is 20.7. The van der Waals surface area contributed by atoms with Gasteiger partial charge in [0, 0.05) is 26.4 Å². The van der Waals surface area contributed by atoms with Crippen LogP contribution in [0.1, 0.15) is 79.1 Å². The molecule has 1 rings (SSSR count). The number of aliphatic hydroxyl groups is 2. The predicted molar refractivity (Wildman–Crippen MR) is 132 cm³/mol. The number of ether oxygens (including phenoxy) is 4. The van der Waals surface area contributed by atoms with E-state index < -0.39 is 25.0 Å². The van der Waals surface area contributed by atoms with Crippen LogP contribution in [0.2, 0.25) is 0 Å². The molecule has 0 aliphatic rings. The summed E-state index contributed by atoms with van der Waals surface area (Å²) in [4.78, 5) is 12.0. The van der Waals surface area contributed by atoms with Crippen molar-refractivity contribution >= 4 is 5.95 Å². The first-order valence-corrected chi connectivity index (χ1v) is 12.8. The fourth-order valence-electron chi connectivity index (χ4n) is 2.72. The molecule has 0 saturated heterocycles. The molecule has 0 aliphatic heterocycles. The summed E-state index contributed by atoms with van der Waals surface area (Å²) in [5.41, 5.74) is 5.62. The zero-order chi connectivity index (χ0) is 25.7.